The minimum atomic E-state index is 1.04. The molecule has 0 aliphatic heterocycles. The molecule has 0 fully saturated rings. The molecule has 0 atom stereocenters. The molecule has 0 saturated heterocycles. The monoisotopic (exact) mass is 286 g/mol. The third-order valence-corrected chi connectivity index (χ3v) is 4.28. The Bertz CT molecular complexity index is 995. The van der Waals surface area contributed by atoms with Gasteiger partial charge in [-0.3, -0.25) is 0 Å². The lowest BCUT2D eigenvalue weighted by molar-refractivity contribution is 1.22. The van der Waals surface area contributed by atoms with Gasteiger partial charge in [-0.2, -0.15) is 0 Å². The number of rotatable bonds is 1. The second-order valence-corrected chi connectivity index (χ2v) is 6.02. The van der Waals surface area contributed by atoms with Gasteiger partial charge >= 0.3 is 0 Å². The van der Waals surface area contributed by atoms with E-state index in [0.717, 1.165) is 11.2 Å². The first kappa shape index (κ1) is 13.1. The van der Waals surface area contributed by atoms with E-state index in [9.17, 15) is 0 Å². The van der Waals surface area contributed by atoms with E-state index in [1.807, 2.05) is 6.07 Å². The summed E-state index contributed by atoms with van der Waals surface area (Å²) in [6.45, 7) is 6.43. The first-order chi connectivity index (χ1) is 10.6. The Hall–Kier alpha value is -2.61. The molecular weight excluding hydrogens is 268 g/mol. The van der Waals surface area contributed by atoms with E-state index in [1.165, 1.54) is 38.7 Å². The average molecular weight is 286 g/mol. The highest BCUT2D eigenvalue weighted by molar-refractivity contribution is 6.09. The van der Waals surface area contributed by atoms with Crippen LogP contribution in [0.2, 0.25) is 0 Å². The molecule has 0 radical (unpaired) electrons. The summed E-state index contributed by atoms with van der Waals surface area (Å²) in [5.74, 6) is 0. The van der Waals surface area contributed by atoms with Gasteiger partial charge in [0.15, 0.2) is 0 Å². The van der Waals surface area contributed by atoms with Crippen LogP contribution in [0, 0.1) is 20.8 Å². The quantitative estimate of drug-likeness (QED) is 0.505. The number of aromatic nitrogens is 2. The fourth-order valence-electron chi connectivity index (χ4n) is 3.31. The van der Waals surface area contributed by atoms with E-state index in [4.69, 9.17) is 4.98 Å². The van der Waals surface area contributed by atoms with Crippen molar-refractivity contribution in [3.05, 3.63) is 65.4 Å². The van der Waals surface area contributed by atoms with Crippen LogP contribution in [0.1, 0.15) is 16.8 Å². The Morgan fingerprint density at radius 1 is 0.864 bits per heavy atom. The number of hydrogen-bond acceptors (Lipinski definition) is 1. The van der Waals surface area contributed by atoms with Gasteiger partial charge < -0.3 is 4.98 Å². The molecule has 0 aliphatic rings. The lowest BCUT2D eigenvalue weighted by Gasteiger charge is -2.09. The molecule has 0 spiro atoms. The summed E-state index contributed by atoms with van der Waals surface area (Å²) in [5.41, 5.74) is 8.23. The molecule has 0 aliphatic carbocycles. The first-order valence-corrected chi connectivity index (χ1v) is 7.59. The van der Waals surface area contributed by atoms with Crippen LogP contribution in [0.4, 0.5) is 0 Å². The van der Waals surface area contributed by atoms with Crippen molar-refractivity contribution in [2.24, 2.45) is 0 Å². The van der Waals surface area contributed by atoms with Gasteiger partial charge in [0.1, 0.15) is 0 Å². The number of pyridine rings is 1. The van der Waals surface area contributed by atoms with E-state index in [0.29, 0.717) is 0 Å². The first-order valence-electron chi connectivity index (χ1n) is 7.59. The van der Waals surface area contributed by atoms with Crippen molar-refractivity contribution in [1.29, 1.82) is 0 Å². The largest absolute Gasteiger partial charge is 0.358 e. The van der Waals surface area contributed by atoms with Crippen LogP contribution in [0.25, 0.3) is 33.1 Å². The Morgan fingerprint density at radius 3 is 2.41 bits per heavy atom. The van der Waals surface area contributed by atoms with Crippen molar-refractivity contribution in [1.82, 2.24) is 9.97 Å². The topological polar surface area (TPSA) is 28.7 Å². The van der Waals surface area contributed by atoms with Crippen LogP contribution in [0.3, 0.4) is 0 Å². The third-order valence-electron chi connectivity index (χ3n) is 4.28. The molecule has 4 rings (SSSR count). The molecule has 22 heavy (non-hydrogen) atoms. The predicted octanol–water partition coefficient (Wildman–Crippen LogP) is 5.31. The molecule has 2 aromatic carbocycles. The van der Waals surface area contributed by atoms with Gasteiger partial charge in [0.2, 0.25) is 0 Å². The Labute approximate surface area is 129 Å². The van der Waals surface area contributed by atoms with Gasteiger partial charge in [0.25, 0.3) is 0 Å². The van der Waals surface area contributed by atoms with Gasteiger partial charge in [0, 0.05) is 27.5 Å². The molecule has 0 unspecified atom stereocenters. The van der Waals surface area contributed by atoms with Gasteiger partial charge in [0.05, 0.1) is 11.2 Å². The van der Waals surface area contributed by atoms with Gasteiger partial charge in [-0.25, -0.2) is 4.98 Å². The Morgan fingerprint density at radius 2 is 1.64 bits per heavy atom. The zero-order valence-electron chi connectivity index (χ0n) is 13.1. The second kappa shape index (κ2) is 4.70. The fraction of sp³-hybridized carbons (Fsp3) is 0.150. The number of nitrogens with zero attached hydrogens (tertiary/aromatic N) is 1. The van der Waals surface area contributed by atoms with E-state index in [1.54, 1.807) is 0 Å². The zero-order chi connectivity index (χ0) is 15.3. The summed E-state index contributed by atoms with van der Waals surface area (Å²) in [7, 11) is 0. The number of H-pyrrole nitrogens is 1. The standard InChI is InChI=1S/C20H18N2/c1-12-9-14(3)21-20-13(2)10-18-16(19(12)20)11-17(22-18)15-7-5-4-6-8-15/h4-11,21H,1-3H3. The highest BCUT2D eigenvalue weighted by Gasteiger charge is 2.12. The third kappa shape index (κ3) is 1.92. The van der Waals surface area contributed by atoms with Crippen molar-refractivity contribution in [3.63, 3.8) is 0 Å². The zero-order valence-corrected chi connectivity index (χ0v) is 13.1. The smallest absolute Gasteiger partial charge is 0.0720 e. The van der Waals surface area contributed by atoms with Crippen LogP contribution < -0.4 is 0 Å². The molecule has 0 saturated carbocycles. The number of aromatic amines is 1. The minimum Gasteiger partial charge on any atom is -0.358 e. The van der Waals surface area contributed by atoms with E-state index < -0.39 is 0 Å². The van der Waals surface area contributed by atoms with Crippen molar-refractivity contribution in [2.75, 3.05) is 0 Å². The van der Waals surface area contributed by atoms with Gasteiger partial charge in [-0.15, -0.1) is 0 Å². The molecule has 0 amide bonds. The molecule has 2 heterocycles. The molecule has 108 valence electrons. The highest BCUT2D eigenvalue weighted by Crippen LogP contribution is 2.33. The normalized spacial score (nSPS) is 11.4. The summed E-state index contributed by atoms with van der Waals surface area (Å²) in [5, 5.41) is 2.52. The fourth-order valence-corrected chi connectivity index (χ4v) is 3.31. The van der Waals surface area contributed by atoms with Gasteiger partial charge in [-0.05, 0) is 50.1 Å². The molecule has 1 N–H and O–H groups in total. The molecule has 2 heteroatoms. The molecule has 2 aromatic heterocycles. The summed E-state index contributed by atoms with van der Waals surface area (Å²) in [6.07, 6.45) is 0. The highest BCUT2D eigenvalue weighted by atomic mass is 14.7. The van der Waals surface area contributed by atoms with E-state index in [2.05, 4.69) is 68.2 Å². The number of nitrogens with one attached hydrogen (secondary N) is 1. The summed E-state index contributed by atoms with van der Waals surface area (Å²) < 4.78 is 0. The molecule has 2 nitrogen and oxygen atoms in total. The molecular formula is C20H18N2. The second-order valence-electron chi connectivity index (χ2n) is 6.02. The number of fused-ring (bicyclic) bond motifs is 3. The number of hydrogen-bond donors (Lipinski definition) is 1. The van der Waals surface area contributed by atoms with E-state index in [-0.39, 0.29) is 0 Å². The van der Waals surface area contributed by atoms with E-state index >= 15 is 0 Å². The maximum Gasteiger partial charge on any atom is 0.0720 e. The summed E-state index contributed by atoms with van der Waals surface area (Å²) in [4.78, 5) is 8.36. The van der Waals surface area contributed by atoms with Crippen LogP contribution in [0.15, 0.2) is 48.5 Å². The Balaban J connectivity index is 2.10. The van der Waals surface area contributed by atoms with Gasteiger partial charge in [-0.1, -0.05) is 30.3 Å². The number of aryl methyl sites for hydroxylation is 3. The molecule has 4 aromatic rings. The minimum absolute atomic E-state index is 1.04. The maximum atomic E-state index is 4.84. The maximum absolute atomic E-state index is 4.84. The Kier molecular flexibility index (Phi) is 2.80. The lowest BCUT2D eigenvalue weighted by atomic mass is 10.0. The SMILES string of the molecule is Cc1cc(C)c2c([nH]1)c(C)cc1nc(-c3ccccc3)cc12. The summed E-state index contributed by atoms with van der Waals surface area (Å²) >= 11 is 0. The van der Waals surface area contributed by atoms with Crippen molar-refractivity contribution in [3.8, 4) is 11.3 Å². The molecule has 0 bridgehead atoms. The van der Waals surface area contributed by atoms with Crippen LogP contribution in [0.5, 0.6) is 0 Å². The van der Waals surface area contributed by atoms with Crippen LogP contribution in [-0.4, -0.2) is 9.97 Å². The van der Waals surface area contributed by atoms with Crippen LogP contribution in [-0.2, 0) is 0 Å². The van der Waals surface area contributed by atoms with Crippen molar-refractivity contribution >= 4 is 21.8 Å². The lowest BCUT2D eigenvalue weighted by Crippen LogP contribution is -1.91. The van der Waals surface area contributed by atoms with Crippen molar-refractivity contribution in [2.45, 2.75) is 20.8 Å². The number of benzene rings is 2. The average Bonchev–Trinajstić information content (AvgIpc) is 2.91. The van der Waals surface area contributed by atoms with Crippen LogP contribution >= 0.6 is 0 Å². The predicted molar refractivity (Wildman–Crippen MR) is 93.2 cm³/mol. The van der Waals surface area contributed by atoms with Crippen molar-refractivity contribution < 1.29 is 0 Å². The summed E-state index contributed by atoms with van der Waals surface area (Å²) in [6, 6.07) is 17.0.